The number of hydrogen-bond donors (Lipinski definition) is 1. The summed E-state index contributed by atoms with van der Waals surface area (Å²) in [4.78, 5) is 36.4. The van der Waals surface area contributed by atoms with Gasteiger partial charge in [-0.15, -0.1) is 11.3 Å². The van der Waals surface area contributed by atoms with Crippen LogP contribution in [0, 0.1) is 0 Å². The quantitative estimate of drug-likeness (QED) is 0.139. The van der Waals surface area contributed by atoms with E-state index in [1.165, 1.54) is 22.3 Å². The second-order valence-electron chi connectivity index (χ2n) is 19.8. The van der Waals surface area contributed by atoms with Crippen LogP contribution in [0.5, 0.6) is 0 Å². The molecule has 0 saturated heterocycles. The van der Waals surface area contributed by atoms with Crippen LogP contribution in [0.15, 0.2) is 127 Å². The van der Waals surface area contributed by atoms with Gasteiger partial charge in [0.1, 0.15) is 5.82 Å². The minimum Gasteiger partial charge on any atom is -0.337 e. The van der Waals surface area contributed by atoms with Gasteiger partial charge >= 0.3 is 19.5 Å². The Morgan fingerprint density at radius 3 is 1.16 bits per heavy atom. The number of fused-ring (bicyclic) bond motifs is 6. The van der Waals surface area contributed by atoms with Gasteiger partial charge in [0, 0.05) is 48.0 Å². The Bertz CT molecular complexity index is 2670. The van der Waals surface area contributed by atoms with E-state index < -0.39 is 0 Å². The van der Waals surface area contributed by atoms with E-state index in [1.54, 1.807) is 23.7 Å². The van der Waals surface area contributed by atoms with Gasteiger partial charge in [0.2, 0.25) is 0 Å². The minimum atomic E-state index is 0. The second kappa shape index (κ2) is 18.6. The average Bonchev–Trinajstić information content (AvgIpc) is 3.95. The Hall–Kier alpha value is -5.57. The van der Waals surface area contributed by atoms with Crippen molar-refractivity contribution in [1.82, 2.24) is 39.9 Å². The van der Waals surface area contributed by atoms with Crippen molar-refractivity contribution in [3.05, 3.63) is 150 Å². The Balaban J connectivity index is 0.000000156. The summed E-state index contributed by atoms with van der Waals surface area (Å²) in [6.07, 6.45) is 11.1. The Morgan fingerprint density at radius 2 is 0.794 bits per heavy atom. The molecule has 0 spiro atoms. The van der Waals surface area contributed by atoms with Crippen LogP contribution in [-0.2, 0) is 41.1 Å². The predicted molar refractivity (Wildman–Crippen MR) is 260 cm³/mol. The number of pyridine rings is 6. The molecule has 0 aliphatic heterocycles. The van der Waals surface area contributed by atoms with Crippen molar-refractivity contribution in [2.75, 3.05) is 0 Å². The van der Waals surface area contributed by atoms with Crippen LogP contribution in [0.1, 0.15) is 105 Å². The van der Waals surface area contributed by atoms with Crippen LogP contribution in [-0.4, -0.2) is 39.9 Å². The van der Waals surface area contributed by atoms with Crippen LogP contribution < -0.4 is 0 Å². The topological polar surface area (TPSA) is 106 Å². The number of rotatable bonds is 3. The van der Waals surface area contributed by atoms with E-state index in [0.717, 1.165) is 66.3 Å². The first-order chi connectivity index (χ1) is 29.3. The third-order valence-electron chi connectivity index (χ3n) is 10.9. The first kappa shape index (κ1) is 46.9. The fourth-order valence-corrected chi connectivity index (χ4v) is 7.69. The standard InChI is InChI=1S/2C18H24N2.C17H10N4S.Ru/c2*1-17(2,3)13-7-9-19-15(11-13)16-12-14(8-10-20-16)18(4,5)6;1-4-10-13(18-7-1)14-11(5-2-8-19-14)16-15(10)20-17(21-16)12-6-3-9-22-12;/h2*7-12H,1-6H3;1-9H,(H,20,21);/q;;;+3. The molecule has 0 bridgehead atoms. The van der Waals surface area contributed by atoms with E-state index in [9.17, 15) is 0 Å². The molecule has 0 amide bonds. The summed E-state index contributed by atoms with van der Waals surface area (Å²) in [6.45, 7) is 26.6. The molecule has 9 rings (SSSR count). The van der Waals surface area contributed by atoms with Crippen LogP contribution in [0.3, 0.4) is 0 Å². The molecule has 8 heterocycles. The van der Waals surface area contributed by atoms with Gasteiger partial charge in [0.05, 0.1) is 49.7 Å². The van der Waals surface area contributed by atoms with E-state index in [-0.39, 0.29) is 41.1 Å². The molecule has 0 saturated carbocycles. The Labute approximate surface area is 389 Å². The summed E-state index contributed by atoms with van der Waals surface area (Å²) in [5, 5.41) is 4.14. The van der Waals surface area contributed by atoms with Gasteiger partial charge < -0.3 is 4.98 Å². The number of aromatic amines is 1. The van der Waals surface area contributed by atoms with Gasteiger partial charge in [-0.3, -0.25) is 29.9 Å². The predicted octanol–water partition coefficient (Wildman–Crippen LogP) is 13.9. The fraction of sp³-hybridized carbons (Fsp3) is 0.302. The SMILES string of the molecule is CC(C)(C)c1ccnc(-c2cc(C(C)(C)C)ccn2)c1.CC(C)(C)c1ccnc(-c2cc(C(C)(C)C)ccn2)c1.[Ru+3].c1csc(-c2nc3c4cccnc4c4ncccc4c3[nH]2)c1. The monoisotopic (exact) mass is 940 g/mol. The molecular weight excluding hydrogens is 882 g/mol. The number of hydrogen-bond acceptors (Lipinski definition) is 8. The number of benzene rings is 1. The maximum Gasteiger partial charge on any atom is 3.00 e. The van der Waals surface area contributed by atoms with E-state index in [4.69, 9.17) is 4.98 Å². The van der Waals surface area contributed by atoms with E-state index in [1.807, 2.05) is 43.0 Å². The molecule has 0 fully saturated rings. The molecule has 1 radical (unpaired) electrons. The number of nitrogens with one attached hydrogen (secondary N) is 1. The summed E-state index contributed by atoms with van der Waals surface area (Å²) in [5.41, 5.74) is 13.2. The first-order valence-corrected chi connectivity index (χ1v) is 22.1. The zero-order chi connectivity index (χ0) is 44.5. The van der Waals surface area contributed by atoms with E-state index in [2.05, 4.69) is 190 Å². The van der Waals surface area contributed by atoms with Crippen molar-refractivity contribution in [3.8, 4) is 33.5 Å². The average molecular weight is 940 g/mol. The summed E-state index contributed by atoms with van der Waals surface area (Å²) >= 11 is 1.68. The van der Waals surface area contributed by atoms with Gasteiger partial charge in [-0.2, -0.15) is 0 Å². The molecule has 0 atom stereocenters. The third-order valence-corrected chi connectivity index (χ3v) is 11.7. The number of imidazole rings is 1. The number of thiophene rings is 1. The molecule has 0 unspecified atom stereocenters. The summed E-state index contributed by atoms with van der Waals surface area (Å²) in [6, 6.07) is 29.0. The zero-order valence-corrected chi connectivity index (χ0v) is 41.1. The summed E-state index contributed by atoms with van der Waals surface area (Å²) in [7, 11) is 0. The molecule has 1 aromatic carbocycles. The van der Waals surface area contributed by atoms with Gasteiger partial charge in [-0.1, -0.05) is 89.2 Å². The Kier molecular flexibility index (Phi) is 13.9. The molecular formula is C53H58N8RuS+3. The van der Waals surface area contributed by atoms with Crippen molar-refractivity contribution >= 4 is 44.2 Å². The fourth-order valence-electron chi connectivity index (χ4n) is 7.02. The van der Waals surface area contributed by atoms with Gasteiger partial charge in [-0.25, -0.2) is 4.98 Å². The minimum absolute atomic E-state index is 0. The van der Waals surface area contributed by atoms with Crippen molar-refractivity contribution in [2.24, 2.45) is 0 Å². The van der Waals surface area contributed by atoms with E-state index >= 15 is 0 Å². The van der Waals surface area contributed by atoms with E-state index in [0.29, 0.717) is 0 Å². The van der Waals surface area contributed by atoms with Gasteiger partial charge in [-0.05, 0) is 128 Å². The van der Waals surface area contributed by atoms with Crippen molar-refractivity contribution in [1.29, 1.82) is 0 Å². The molecule has 8 nitrogen and oxygen atoms in total. The molecule has 321 valence electrons. The first-order valence-electron chi connectivity index (χ1n) is 21.2. The van der Waals surface area contributed by atoms with Crippen LogP contribution >= 0.6 is 11.3 Å². The van der Waals surface area contributed by atoms with Crippen molar-refractivity contribution < 1.29 is 19.5 Å². The molecule has 0 aliphatic rings. The maximum atomic E-state index is 4.82. The molecule has 63 heavy (non-hydrogen) atoms. The number of aromatic nitrogens is 8. The second-order valence-corrected chi connectivity index (χ2v) is 20.8. The van der Waals surface area contributed by atoms with Gasteiger partial charge in [0.25, 0.3) is 0 Å². The third kappa shape index (κ3) is 11.0. The Morgan fingerprint density at radius 1 is 0.413 bits per heavy atom. The van der Waals surface area contributed by atoms with Gasteiger partial charge in [0.15, 0.2) is 0 Å². The molecule has 8 aromatic heterocycles. The maximum absolute atomic E-state index is 4.82. The normalized spacial score (nSPS) is 12.0. The number of nitrogens with zero attached hydrogens (tertiary/aromatic N) is 7. The summed E-state index contributed by atoms with van der Waals surface area (Å²) < 4.78 is 0. The largest absolute Gasteiger partial charge is 3.00 e. The van der Waals surface area contributed by atoms with Crippen molar-refractivity contribution in [3.63, 3.8) is 0 Å². The smallest absolute Gasteiger partial charge is 0.337 e. The molecule has 10 heteroatoms. The summed E-state index contributed by atoms with van der Waals surface area (Å²) in [5.74, 6) is 0.895. The number of H-pyrrole nitrogens is 1. The van der Waals surface area contributed by atoms with Crippen LogP contribution in [0.25, 0.3) is 66.3 Å². The molecule has 9 aromatic rings. The zero-order valence-electron chi connectivity index (χ0n) is 38.5. The van der Waals surface area contributed by atoms with Crippen LogP contribution in [0.2, 0.25) is 0 Å². The van der Waals surface area contributed by atoms with Crippen LogP contribution in [0.4, 0.5) is 0 Å². The molecule has 0 aliphatic carbocycles. The molecule has 1 N–H and O–H groups in total. The van der Waals surface area contributed by atoms with Crippen molar-refractivity contribution in [2.45, 2.75) is 105 Å².